The third-order valence-electron chi connectivity index (χ3n) is 4.39. The van der Waals surface area contributed by atoms with Crippen LogP contribution in [0.15, 0.2) is 24.4 Å². The van der Waals surface area contributed by atoms with Gasteiger partial charge in [0.2, 0.25) is 0 Å². The maximum absolute atomic E-state index is 12.6. The maximum atomic E-state index is 12.6. The van der Waals surface area contributed by atoms with Crippen LogP contribution in [0, 0.1) is 11.8 Å². The van der Waals surface area contributed by atoms with Crippen LogP contribution in [-0.2, 0) is 0 Å². The van der Waals surface area contributed by atoms with Crippen LogP contribution in [0.25, 0.3) is 10.9 Å². The highest BCUT2D eigenvalue weighted by atomic mass is 16.2. The normalized spacial score (nSPS) is 19.1. The number of amides is 1. The van der Waals surface area contributed by atoms with Gasteiger partial charge in [-0.05, 0) is 36.5 Å². The molecule has 1 amide bonds. The average molecular weight is 271 g/mol. The van der Waals surface area contributed by atoms with Crippen LogP contribution in [0.4, 0.5) is 5.69 Å². The molecule has 0 bridgehead atoms. The highest BCUT2D eigenvalue weighted by molar-refractivity contribution is 6.07. The van der Waals surface area contributed by atoms with Crippen LogP contribution >= 0.6 is 0 Å². The summed E-state index contributed by atoms with van der Waals surface area (Å²) in [4.78, 5) is 17.8. The molecule has 0 radical (unpaired) electrons. The number of nitrogens with one attached hydrogen (secondary N) is 1. The molecule has 20 heavy (non-hydrogen) atoms. The van der Waals surface area contributed by atoms with Gasteiger partial charge in [-0.15, -0.1) is 0 Å². The monoisotopic (exact) mass is 271 g/mol. The highest BCUT2D eigenvalue weighted by Gasteiger charge is 2.29. The Labute approximate surface area is 118 Å². The largest absolute Gasteiger partial charge is 0.399 e. The Morgan fingerprint density at radius 2 is 2.25 bits per heavy atom. The van der Waals surface area contributed by atoms with Crippen LogP contribution in [0.2, 0.25) is 0 Å². The molecular formula is C16H21N3O. The number of hydrogen-bond acceptors (Lipinski definition) is 2. The van der Waals surface area contributed by atoms with Crippen molar-refractivity contribution >= 4 is 22.5 Å². The number of benzene rings is 1. The topological polar surface area (TPSA) is 62.1 Å². The molecule has 2 heterocycles. The molecule has 1 fully saturated rings. The summed E-state index contributed by atoms with van der Waals surface area (Å²) in [6, 6.07) is 5.63. The second kappa shape index (κ2) is 4.85. The van der Waals surface area contributed by atoms with Crippen molar-refractivity contribution in [1.29, 1.82) is 0 Å². The Hall–Kier alpha value is -1.97. The standard InChI is InChI=1S/C16H21N3O/c1-10(2)11-5-6-19(9-11)16(20)14-8-18-15-7-12(17)3-4-13(14)15/h3-4,7-8,10-11,18H,5-6,9,17H2,1-2H3. The lowest BCUT2D eigenvalue weighted by molar-refractivity contribution is 0.0786. The number of carbonyl (C=O) groups is 1. The summed E-state index contributed by atoms with van der Waals surface area (Å²) in [5, 5.41) is 0.956. The fourth-order valence-electron chi connectivity index (χ4n) is 3.01. The van der Waals surface area contributed by atoms with E-state index in [0.717, 1.165) is 36.0 Å². The van der Waals surface area contributed by atoms with Gasteiger partial charge in [0.05, 0.1) is 5.56 Å². The fourth-order valence-corrected chi connectivity index (χ4v) is 3.01. The summed E-state index contributed by atoms with van der Waals surface area (Å²) in [6.45, 7) is 6.20. The lowest BCUT2D eigenvalue weighted by Gasteiger charge is -2.17. The number of hydrogen-bond donors (Lipinski definition) is 2. The number of carbonyl (C=O) groups excluding carboxylic acids is 1. The fraction of sp³-hybridized carbons (Fsp3) is 0.438. The van der Waals surface area contributed by atoms with Crippen molar-refractivity contribution in [2.75, 3.05) is 18.8 Å². The lowest BCUT2D eigenvalue weighted by Crippen LogP contribution is -2.29. The zero-order valence-corrected chi connectivity index (χ0v) is 12.0. The van der Waals surface area contributed by atoms with Crippen LogP contribution in [0.3, 0.4) is 0 Å². The van der Waals surface area contributed by atoms with Crippen LogP contribution in [-0.4, -0.2) is 28.9 Å². The Kier molecular flexibility index (Phi) is 3.16. The van der Waals surface area contributed by atoms with Gasteiger partial charge in [0.25, 0.3) is 5.91 Å². The number of rotatable bonds is 2. The lowest BCUT2D eigenvalue weighted by atomic mass is 9.95. The summed E-state index contributed by atoms with van der Waals surface area (Å²) < 4.78 is 0. The third-order valence-corrected chi connectivity index (χ3v) is 4.39. The minimum Gasteiger partial charge on any atom is -0.399 e. The average Bonchev–Trinajstić information content (AvgIpc) is 3.04. The van der Waals surface area contributed by atoms with Crippen molar-refractivity contribution in [3.63, 3.8) is 0 Å². The van der Waals surface area contributed by atoms with Gasteiger partial charge in [0.1, 0.15) is 0 Å². The Morgan fingerprint density at radius 3 is 2.95 bits per heavy atom. The zero-order chi connectivity index (χ0) is 14.3. The summed E-state index contributed by atoms with van der Waals surface area (Å²) in [5.74, 6) is 1.39. The maximum Gasteiger partial charge on any atom is 0.256 e. The van der Waals surface area contributed by atoms with Crippen LogP contribution in [0.1, 0.15) is 30.6 Å². The predicted molar refractivity (Wildman–Crippen MR) is 81.6 cm³/mol. The van der Waals surface area contributed by atoms with E-state index < -0.39 is 0 Å². The van der Waals surface area contributed by atoms with Crippen molar-refractivity contribution in [2.24, 2.45) is 11.8 Å². The van der Waals surface area contributed by atoms with Crippen molar-refractivity contribution < 1.29 is 4.79 Å². The predicted octanol–water partition coefficient (Wildman–Crippen LogP) is 2.87. The number of fused-ring (bicyclic) bond motifs is 1. The van der Waals surface area contributed by atoms with Crippen molar-refractivity contribution in [3.8, 4) is 0 Å². The van der Waals surface area contributed by atoms with E-state index >= 15 is 0 Å². The van der Waals surface area contributed by atoms with Gasteiger partial charge < -0.3 is 15.6 Å². The number of aromatic nitrogens is 1. The van der Waals surface area contributed by atoms with Gasteiger partial charge in [-0.25, -0.2) is 0 Å². The summed E-state index contributed by atoms with van der Waals surface area (Å²) >= 11 is 0. The number of aromatic amines is 1. The van der Waals surface area contributed by atoms with E-state index in [4.69, 9.17) is 5.73 Å². The molecule has 3 N–H and O–H groups in total. The van der Waals surface area contributed by atoms with Gasteiger partial charge in [-0.1, -0.05) is 13.8 Å². The van der Waals surface area contributed by atoms with Gasteiger partial charge in [0.15, 0.2) is 0 Å². The molecule has 3 rings (SSSR count). The molecule has 2 aromatic rings. The van der Waals surface area contributed by atoms with Crippen LogP contribution in [0.5, 0.6) is 0 Å². The van der Waals surface area contributed by atoms with E-state index in [-0.39, 0.29) is 5.91 Å². The molecular weight excluding hydrogens is 250 g/mol. The summed E-state index contributed by atoms with van der Waals surface area (Å²) in [6.07, 6.45) is 2.91. The second-order valence-electron chi connectivity index (χ2n) is 6.05. The summed E-state index contributed by atoms with van der Waals surface area (Å²) in [5.41, 5.74) is 8.15. The minimum atomic E-state index is 0.129. The molecule has 1 aromatic carbocycles. The van der Waals surface area contributed by atoms with Gasteiger partial charge in [-0.3, -0.25) is 4.79 Å². The molecule has 0 aliphatic carbocycles. The molecule has 1 aromatic heterocycles. The number of nitrogen functional groups attached to an aromatic ring is 1. The first-order valence-corrected chi connectivity index (χ1v) is 7.22. The smallest absolute Gasteiger partial charge is 0.256 e. The molecule has 4 heteroatoms. The molecule has 1 aliphatic rings. The van der Waals surface area contributed by atoms with E-state index in [9.17, 15) is 4.79 Å². The quantitative estimate of drug-likeness (QED) is 0.825. The molecule has 1 atom stereocenters. The first-order valence-electron chi connectivity index (χ1n) is 7.22. The van der Waals surface area contributed by atoms with Crippen molar-refractivity contribution in [2.45, 2.75) is 20.3 Å². The molecule has 1 unspecified atom stereocenters. The molecule has 1 saturated heterocycles. The van der Waals surface area contributed by atoms with Crippen molar-refractivity contribution in [1.82, 2.24) is 9.88 Å². The second-order valence-corrected chi connectivity index (χ2v) is 6.05. The van der Waals surface area contributed by atoms with E-state index in [1.54, 1.807) is 6.20 Å². The number of H-pyrrole nitrogens is 1. The van der Waals surface area contributed by atoms with Gasteiger partial charge in [0, 0.05) is 35.9 Å². The SMILES string of the molecule is CC(C)C1CCN(C(=O)c2c[nH]c3cc(N)ccc23)C1. The minimum absolute atomic E-state index is 0.129. The Balaban J connectivity index is 1.86. The molecule has 4 nitrogen and oxygen atoms in total. The number of nitrogens with zero attached hydrogens (tertiary/aromatic N) is 1. The number of anilines is 1. The number of nitrogens with two attached hydrogens (primary N) is 1. The zero-order valence-electron chi connectivity index (χ0n) is 12.0. The molecule has 0 spiro atoms. The first-order chi connectivity index (χ1) is 9.56. The van der Waals surface area contributed by atoms with Crippen LogP contribution < -0.4 is 5.73 Å². The van der Waals surface area contributed by atoms with E-state index in [0.29, 0.717) is 17.5 Å². The van der Waals surface area contributed by atoms with E-state index in [1.165, 1.54) is 0 Å². The van der Waals surface area contributed by atoms with Crippen molar-refractivity contribution in [3.05, 3.63) is 30.0 Å². The summed E-state index contributed by atoms with van der Waals surface area (Å²) in [7, 11) is 0. The number of likely N-dealkylation sites (tertiary alicyclic amines) is 1. The third kappa shape index (κ3) is 2.15. The first kappa shape index (κ1) is 13.0. The van der Waals surface area contributed by atoms with E-state index in [1.807, 2.05) is 23.1 Å². The van der Waals surface area contributed by atoms with Gasteiger partial charge in [-0.2, -0.15) is 0 Å². The van der Waals surface area contributed by atoms with E-state index in [2.05, 4.69) is 18.8 Å². The van der Waals surface area contributed by atoms with Gasteiger partial charge >= 0.3 is 0 Å². The Morgan fingerprint density at radius 1 is 1.45 bits per heavy atom. The molecule has 0 saturated carbocycles. The Bertz CT molecular complexity index is 644. The molecule has 106 valence electrons. The molecule has 1 aliphatic heterocycles. The highest BCUT2D eigenvalue weighted by Crippen LogP contribution is 2.27.